The van der Waals surface area contributed by atoms with Crippen LogP contribution in [0.5, 0.6) is 0 Å². The number of aryl methyl sites for hydroxylation is 1. The zero-order valence-corrected chi connectivity index (χ0v) is 12.2. The summed E-state index contributed by atoms with van der Waals surface area (Å²) in [6.07, 6.45) is -0.997. The van der Waals surface area contributed by atoms with Crippen molar-refractivity contribution in [1.82, 2.24) is 5.32 Å². The highest BCUT2D eigenvalue weighted by Crippen LogP contribution is 2.34. The first kappa shape index (κ1) is 16.8. The van der Waals surface area contributed by atoms with Gasteiger partial charge in [0, 0.05) is 19.1 Å². The second-order valence-corrected chi connectivity index (χ2v) is 5.72. The van der Waals surface area contributed by atoms with E-state index >= 15 is 0 Å². The lowest BCUT2D eigenvalue weighted by atomic mass is 10.1. The molecule has 122 valence electrons. The lowest BCUT2D eigenvalue weighted by Crippen LogP contribution is -2.37. The molecule has 0 saturated heterocycles. The number of aliphatic hydroxyl groups is 1. The average Bonchev–Trinajstić information content (AvgIpc) is 3.29. The van der Waals surface area contributed by atoms with Gasteiger partial charge in [-0.15, -0.1) is 0 Å². The molecule has 0 heterocycles. The van der Waals surface area contributed by atoms with Gasteiger partial charge in [0.2, 0.25) is 5.91 Å². The third-order valence-electron chi connectivity index (χ3n) is 3.90. The van der Waals surface area contributed by atoms with Gasteiger partial charge < -0.3 is 10.4 Å². The summed E-state index contributed by atoms with van der Waals surface area (Å²) in [6.45, 7) is 0.0420. The van der Waals surface area contributed by atoms with Crippen LogP contribution in [0.1, 0.15) is 36.8 Å². The van der Waals surface area contributed by atoms with Crippen molar-refractivity contribution in [2.75, 3.05) is 6.61 Å². The lowest BCUT2D eigenvalue weighted by molar-refractivity contribution is -0.137. The van der Waals surface area contributed by atoms with Gasteiger partial charge in [-0.05, 0) is 49.3 Å². The fourth-order valence-corrected chi connectivity index (χ4v) is 2.46. The summed E-state index contributed by atoms with van der Waals surface area (Å²) in [5.74, 6) is 0.340. The predicted octanol–water partition coefficient (Wildman–Crippen LogP) is 2.92. The van der Waals surface area contributed by atoms with Gasteiger partial charge in [0.1, 0.15) is 0 Å². The Morgan fingerprint density at radius 3 is 2.41 bits per heavy atom. The van der Waals surface area contributed by atoms with Crippen LogP contribution in [0.2, 0.25) is 0 Å². The number of amides is 1. The van der Waals surface area contributed by atoms with Gasteiger partial charge in [0.25, 0.3) is 0 Å². The van der Waals surface area contributed by atoms with E-state index in [0.29, 0.717) is 24.3 Å². The van der Waals surface area contributed by atoms with Crippen LogP contribution >= 0.6 is 0 Å². The van der Waals surface area contributed by atoms with E-state index in [1.807, 2.05) is 0 Å². The van der Waals surface area contributed by atoms with E-state index in [-0.39, 0.29) is 25.0 Å². The second-order valence-electron chi connectivity index (χ2n) is 5.72. The first-order valence-corrected chi connectivity index (χ1v) is 7.46. The monoisotopic (exact) mass is 315 g/mol. The molecule has 2 rings (SSSR count). The minimum Gasteiger partial charge on any atom is -0.396 e. The first-order chi connectivity index (χ1) is 10.4. The van der Waals surface area contributed by atoms with Crippen LogP contribution in [0, 0.1) is 5.92 Å². The van der Waals surface area contributed by atoms with E-state index in [2.05, 4.69) is 5.32 Å². The van der Waals surface area contributed by atoms with E-state index in [9.17, 15) is 18.0 Å². The molecule has 1 amide bonds. The van der Waals surface area contributed by atoms with Crippen LogP contribution in [0.25, 0.3) is 0 Å². The molecule has 3 nitrogen and oxygen atoms in total. The molecule has 1 aliphatic rings. The second kappa shape index (κ2) is 7.13. The molecular formula is C16H20F3NO2. The van der Waals surface area contributed by atoms with Crippen molar-refractivity contribution in [3.05, 3.63) is 35.4 Å². The number of halogens is 3. The van der Waals surface area contributed by atoms with Gasteiger partial charge >= 0.3 is 6.18 Å². The Morgan fingerprint density at radius 1 is 1.27 bits per heavy atom. The Hall–Kier alpha value is -1.56. The lowest BCUT2D eigenvalue weighted by Gasteiger charge is -2.17. The molecule has 0 spiro atoms. The summed E-state index contributed by atoms with van der Waals surface area (Å²) in [6, 6.07) is 4.90. The highest BCUT2D eigenvalue weighted by molar-refractivity contribution is 5.76. The summed E-state index contributed by atoms with van der Waals surface area (Å²) in [4.78, 5) is 11.9. The molecule has 1 saturated carbocycles. The zero-order valence-electron chi connectivity index (χ0n) is 12.2. The van der Waals surface area contributed by atoms with E-state index in [1.165, 1.54) is 12.1 Å². The Balaban J connectivity index is 1.80. The summed E-state index contributed by atoms with van der Waals surface area (Å²) >= 11 is 0. The first-order valence-electron chi connectivity index (χ1n) is 7.46. The number of aliphatic hydroxyl groups excluding tert-OH is 1. The van der Waals surface area contributed by atoms with Gasteiger partial charge in [-0.1, -0.05) is 12.1 Å². The number of nitrogens with one attached hydrogen (secondary N) is 1. The minimum absolute atomic E-state index is 0.0186. The largest absolute Gasteiger partial charge is 0.416 e. The zero-order chi connectivity index (χ0) is 16.2. The summed E-state index contributed by atoms with van der Waals surface area (Å²) in [7, 11) is 0. The van der Waals surface area contributed by atoms with Gasteiger partial charge in [0.05, 0.1) is 5.56 Å². The summed E-state index contributed by atoms with van der Waals surface area (Å²) in [5.41, 5.74) is 0.0192. The van der Waals surface area contributed by atoms with Crippen molar-refractivity contribution in [3.8, 4) is 0 Å². The van der Waals surface area contributed by atoms with Crippen LogP contribution in [0.3, 0.4) is 0 Å². The number of hydrogen-bond acceptors (Lipinski definition) is 2. The van der Waals surface area contributed by atoms with Crippen LogP contribution in [0.15, 0.2) is 24.3 Å². The van der Waals surface area contributed by atoms with Gasteiger partial charge in [0.15, 0.2) is 0 Å². The number of rotatable bonds is 7. The Morgan fingerprint density at radius 2 is 1.91 bits per heavy atom. The predicted molar refractivity (Wildman–Crippen MR) is 76.1 cm³/mol. The van der Waals surface area contributed by atoms with Crippen molar-refractivity contribution in [2.45, 2.75) is 44.3 Å². The summed E-state index contributed by atoms with van der Waals surface area (Å²) in [5, 5.41) is 11.9. The van der Waals surface area contributed by atoms with Crippen molar-refractivity contribution >= 4 is 5.91 Å². The minimum atomic E-state index is -4.34. The molecule has 2 N–H and O–H groups in total. The number of alkyl halides is 3. The molecule has 22 heavy (non-hydrogen) atoms. The quantitative estimate of drug-likeness (QED) is 0.813. The third-order valence-corrected chi connectivity index (χ3v) is 3.90. The van der Waals surface area contributed by atoms with E-state index in [0.717, 1.165) is 25.0 Å². The van der Waals surface area contributed by atoms with Crippen LogP contribution < -0.4 is 5.32 Å². The molecule has 0 aliphatic heterocycles. The van der Waals surface area contributed by atoms with Crippen LogP contribution in [-0.2, 0) is 17.4 Å². The SMILES string of the molecule is O=C(CCc1ccc(C(F)(F)F)cc1)NC(CCO)C1CC1. The maximum Gasteiger partial charge on any atom is 0.416 e. The van der Waals surface area contributed by atoms with Crippen molar-refractivity contribution < 1.29 is 23.1 Å². The van der Waals surface area contributed by atoms with E-state index in [4.69, 9.17) is 5.11 Å². The molecule has 1 aromatic carbocycles. The topological polar surface area (TPSA) is 49.3 Å². The summed E-state index contributed by atoms with van der Waals surface area (Å²) < 4.78 is 37.3. The molecule has 0 bridgehead atoms. The number of carbonyl (C=O) groups excluding carboxylic acids is 1. The number of benzene rings is 1. The molecule has 1 unspecified atom stereocenters. The maximum absolute atomic E-state index is 12.4. The maximum atomic E-state index is 12.4. The fourth-order valence-electron chi connectivity index (χ4n) is 2.46. The normalized spacial score (nSPS) is 16.4. The van der Waals surface area contributed by atoms with Gasteiger partial charge in [-0.3, -0.25) is 4.79 Å². The smallest absolute Gasteiger partial charge is 0.396 e. The molecule has 1 aromatic rings. The highest BCUT2D eigenvalue weighted by Gasteiger charge is 2.32. The standard InChI is InChI=1S/C16H20F3NO2/c17-16(18,19)13-6-1-11(2-7-13)3-8-15(22)20-14(9-10-21)12-4-5-12/h1-2,6-7,12,14,21H,3-5,8-10H2,(H,20,22). The fraction of sp³-hybridized carbons (Fsp3) is 0.562. The van der Waals surface area contributed by atoms with Crippen molar-refractivity contribution in [3.63, 3.8) is 0 Å². The molecule has 6 heteroatoms. The molecule has 0 radical (unpaired) electrons. The third kappa shape index (κ3) is 5.02. The van der Waals surface area contributed by atoms with Gasteiger partial charge in [-0.2, -0.15) is 13.2 Å². The molecular weight excluding hydrogens is 295 g/mol. The molecule has 0 aromatic heterocycles. The van der Waals surface area contributed by atoms with Crippen molar-refractivity contribution in [2.24, 2.45) is 5.92 Å². The van der Waals surface area contributed by atoms with Gasteiger partial charge in [-0.25, -0.2) is 0 Å². The van der Waals surface area contributed by atoms with E-state index < -0.39 is 11.7 Å². The Labute approximate surface area is 127 Å². The number of hydrogen-bond donors (Lipinski definition) is 2. The van der Waals surface area contributed by atoms with Crippen LogP contribution in [0.4, 0.5) is 13.2 Å². The Kier molecular flexibility index (Phi) is 5.45. The molecule has 1 fully saturated rings. The van der Waals surface area contributed by atoms with Crippen LogP contribution in [-0.4, -0.2) is 23.7 Å². The molecule has 1 atom stereocenters. The van der Waals surface area contributed by atoms with Crippen molar-refractivity contribution in [1.29, 1.82) is 0 Å². The average molecular weight is 315 g/mol. The highest BCUT2D eigenvalue weighted by atomic mass is 19.4. The Bertz CT molecular complexity index is 495. The van der Waals surface area contributed by atoms with E-state index in [1.54, 1.807) is 0 Å². The molecule has 1 aliphatic carbocycles. The number of carbonyl (C=O) groups is 1.